The van der Waals surface area contributed by atoms with Crippen LogP contribution < -0.4 is 10.6 Å². The molecule has 4 bridgehead atoms. The molecule has 1 aliphatic heterocycles. The van der Waals surface area contributed by atoms with Crippen molar-refractivity contribution < 1.29 is 29.3 Å². The van der Waals surface area contributed by atoms with E-state index >= 15 is 0 Å². The molecule has 0 spiro atoms. The number of fused-ring (bicyclic) bond motifs is 5. The van der Waals surface area contributed by atoms with E-state index in [1.165, 1.54) is 0 Å². The molecule has 3 rings (SSSR count). The quantitative estimate of drug-likeness (QED) is 0.605. The summed E-state index contributed by atoms with van der Waals surface area (Å²) in [5.74, 6) is -0.604. The first-order valence-electron chi connectivity index (χ1n) is 9.48. The Labute approximate surface area is 174 Å². The molecule has 3 heterocycles. The predicted molar refractivity (Wildman–Crippen MR) is 108 cm³/mol. The average molecular weight is 418 g/mol. The number of hydrogen-bond acceptors (Lipinski definition) is 7. The minimum absolute atomic E-state index is 0. The third-order valence-corrected chi connectivity index (χ3v) is 4.03. The zero-order valence-electron chi connectivity index (χ0n) is 16.6. The number of pyridine rings is 2. The van der Waals surface area contributed by atoms with Gasteiger partial charge < -0.3 is 30.3 Å². The number of aromatic nitrogens is 2. The lowest BCUT2D eigenvalue weighted by molar-refractivity contribution is 0.0157. The summed E-state index contributed by atoms with van der Waals surface area (Å²) in [5.41, 5.74) is 1.56. The summed E-state index contributed by atoms with van der Waals surface area (Å²) in [6.45, 7) is 3.23. The summed E-state index contributed by atoms with van der Waals surface area (Å²) in [4.78, 5) is 33.4. The Hall–Kier alpha value is -2.92. The molecule has 0 aromatic carbocycles. The second kappa shape index (κ2) is 12.6. The Kier molecular flexibility index (Phi) is 9.81. The summed E-state index contributed by atoms with van der Waals surface area (Å²) < 4.78 is 16.2. The van der Waals surface area contributed by atoms with Gasteiger partial charge in [0.15, 0.2) is 0 Å². The van der Waals surface area contributed by atoms with Crippen molar-refractivity contribution in [2.24, 2.45) is 0 Å². The molecule has 10 nitrogen and oxygen atoms in total. The van der Waals surface area contributed by atoms with Gasteiger partial charge in [-0.1, -0.05) is 12.1 Å². The Morgan fingerprint density at radius 3 is 1.40 bits per heavy atom. The van der Waals surface area contributed by atoms with Crippen LogP contribution in [0.4, 0.5) is 0 Å². The first-order chi connectivity index (χ1) is 14.2. The summed E-state index contributed by atoms with van der Waals surface area (Å²) in [6.07, 6.45) is 0. The van der Waals surface area contributed by atoms with Gasteiger partial charge in [-0.25, -0.2) is 9.97 Å². The van der Waals surface area contributed by atoms with Gasteiger partial charge >= 0.3 is 0 Å². The molecule has 162 valence electrons. The van der Waals surface area contributed by atoms with E-state index < -0.39 is 0 Å². The van der Waals surface area contributed by atoms with Crippen LogP contribution in [0.2, 0.25) is 0 Å². The van der Waals surface area contributed by atoms with E-state index in [1.54, 1.807) is 36.4 Å². The number of rotatable bonds is 0. The zero-order valence-corrected chi connectivity index (χ0v) is 16.6. The van der Waals surface area contributed by atoms with Crippen molar-refractivity contribution in [3.63, 3.8) is 0 Å². The molecule has 0 atom stereocenters. The maximum Gasteiger partial charge on any atom is 0.269 e. The first-order valence-corrected chi connectivity index (χ1v) is 9.48. The maximum absolute atomic E-state index is 12.3. The summed E-state index contributed by atoms with van der Waals surface area (Å²) in [7, 11) is 0. The minimum atomic E-state index is -0.302. The van der Waals surface area contributed by atoms with E-state index in [4.69, 9.17) is 14.2 Å². The van der Waals surface area contributed by atoms with E-state index in [0.717, 1.165) is 0 Å². The molecule has 2 aromatic rings. The molecule has 30 heavy (non-hydrogen) atoms. The second-order valence-electron chi connectivity index (χ2n) is 6.17. The van der Waals surface area contributed by atoms with Gasteiger partial charge in [0.25, 0.3) is 11.8 Å². The number of carbonyl (C=O) groups excluding carboxylic acids is 2. The Morgan fingerprint density at radius 1 is 0.600 bits per heavy atom. The summed E-state index contributed by atoms with van der Waals surface area (Å²) in [6, 6.07) is 10.2. The average Bonchev–Trinajstić information content (AvgIpc) is 2.76. The number of nitrogens with one attached hydrogen (secondary N) is 2. The highest BCUT2D eigenvalue weighted by atomic mass is 16.5. The fourth-order valence-corrected chi connectivity index (χ4v) is 2.60. The molecular formula is C20H26N4O6. The van der Waals surface area contributed by atoms with Crippen molar-refractivity contribution in [1.82, 2.24) is 20.6 Å². The Morgan fingerprint density at radius 2 is 0.967 bits per heavy atom. The molecule has 2 aromatic heterocycles. The van der Waals surface area contributed by atoms with Crippen LogP contribution in [0.3, 0.4) is 0 Å². The number of carbonyl (C=O) groups is 2. The van der Waals surface area contributed by atoms with Crippen molar-refractivity contribution >= 4 is 11.8 Å². The van der Waals surface area contributed by atoms with Gasteiger partial charge in [-0.15, -0.1) is 0 Å². The molecule has 4 N–H and O–H groups in total. The molecule has 0 saturated carbocycles. The number of amides is 2. The fourth-order valence-electron chi connectivity index (χ4n) is 2.60. The highest BCUT2D eigenvalue weighted by Gasteiger charge is 2.12. The zero-order chi connectivity index (χ0) is 20.3. The number of hydrogen-bond donors (Lipinski definition) is 2. The van der Waals surface area contributed by atoms with Crippen LogP contribution in [-0.4, -0.2) is 80.0 Å². The van der Waals surface area contributed by atoms with E-state index in [2.05, 4.69) is 20.6 Å². The number of nitrogens with zero attached hydrogens (tertiary/aromatic N) is 2. The minimum Gasteiger partial charge on any atom is -0.412 e. The lowest BCUT2D eigenvalue weighted by Crippen LogP contribution is -2.28. The smallest absolute Gasteiger partial charge is 0.269 e. The normalized spacial score (nSPS) is 16.9. The summed E-state index contributed by atoms with van der Waals surface area (Å²) >= 11 is 0. The summed E-state index contributed by atoms with van der Waals surface area (Å²) in [5, 5.41) is 5.53. The van der Waals surface area contributed by atoms with Gasteiger partial charge in [-0.2, -0.15) is 0 Å². The Balaban J connectivity index is 0.00000320. The van der Waals surface area contributed by atoms with Crippen LogP contribution in [0.15, 0.2) is 36.4 Å². The van der Waals surface area contributed by atoms with E-state index in [-0.39, 0.29) is 28.7 Å². The van der Waals surface area contributed by atoms with Crippen molar-refractivity contribution in [3.8, 4) is 11.4 Å². The second-order valence-corrected chi connectivity index (χ2v) is 6.17. The predicted octanol–water partition coefficient (Wildman–Crippen LogP) is -0.158. The molecule has 2 amide bonds. The monoisotopic (exact) mass is 418 g/mol. The number of ether oxygens (including phenoxy) is 3. The van der Waals surface area contributed by atoms with E-state index in [0.29, 0.717) is 64.1 Å². The molecule has 1 aliphatic rings. The topological polar surface area (TPSA) is 143 Å². The largest absolute Gasteiger partial charge is 0.412 e. The van der Waals surface area contributed by atoms with Gasteiger partial charge in [0, 0.05) is 13.1 Å². The van der Waals surface area contributed by atoms with E-state index in [9.17, 15) is 9.59 Å². The van der Waals surface area contributed by atoms with Crippen LogP contribution in [0, 0.1) is 0 Å². The molecule has 0 saturated heterocycles. The van der Waals surface area contributed by atoms with Gasteiger partial charge in [0.1, 0.15) is 11.4 Å². The highest BCUT2D eigenvalue weighted by molar-refractivity contribution is 5.93. The third kappa shape index (κ3) is 7.16. The molecule has 0 aliphatic carbocycles. The van der Waals surface area contributed by atoms with E-state index in [1.807, 2.05) is 0 Å². The van der Waals surface area contributed by atoms with Crippen molar-refractivity contribution in [3.05, 3.63) is 47.8 Å². The Bertz CT molecular complexity index is 765. The van der Waals surface area contributed by atoms with Gasteiger partial charge in [-0.3, -0.25) is 9.59 Å². The van der Waals surface area contributed by atoms with Crippen LogP contribution in [0.25, 0.3) is 11.4 Å². The van der Waals surface area contributed by atoms with Gasteiger partial charge in [-0.05, 0) is 24.3 Å². The first kappa shape index (κ1) is 23.4. The van der Waals surface area contributed by atoms with Crippen LogP contribution in [0.5, 0.6) is 0 Å². The third-order valence-electron chi connectivity index (χ3n) is 4.03. The van der Waals surface area contributed by atoms with Gasteiger partial charge in [0.2, 0.25) is 0 Å². The van der Waals surface area contributed by atoms with Crippen LogP contribution in [0.1, 0.15) is 21.0 Å². The molecule has 0 unspecified atom stereocenters. The molecule has 0 fully saturated rings. The van der Waals surface area contributed by atoms with Crippen molar-refractivity contribution in [2.75, 3.05) is 52.7 Å². The lowest BCUT2D eigenvalue weighted by Gasteiger charge is -2.08. The van der Waals surface area contributed by atoms with Gasteiger partial charge in [0.05, 0.1) is 51.0 Å². The fraction of sp³-hybridized carbons (Fsp3) is 0.400. The van der Waals surface area contributed by atoms with Crippen LogP contribution >= 0.6 is 0 Å². The lowest BCUT2D eigenvalue weighted by atomic mass is 10.2. The maximum atomic E-state index is 12.3. The van der Waals surface area contributed by atoms with Crippen LogP contribution in [-0.2, 0) is 14.2 Å². The SMILES string of the molecule is O.O=C1NCCOCCOCCOCCNC(=O)c2cccc(n2)-c2cccc1n2. The molecule has 0 radical (unpaired) electrons. The molecular weight excluding hydrogens is 392 g/mol. The standard InChI is InChI=1S/C20H24N4O5.H2O/c25-19-17-5-1-3-15(23-17)16-4-2-6-18(24-16)20(26)22-8-10-28-12-14-29-13-11-27-9-7-21-19;/h1-6H,7-14H2,(H,21,25)(H,22,26);1H2. The van der Waals surface area contributed by atoms with Crippen molar-refractivity contribution in [1.29, 1.82) is 0 Å². The van der Waals surface area contributed by atoms with Crippen molar-refractivity contribution in [2.45, 2.75) is 0 Å². The molecule has 10 heteroatoms. The highest BCUT2D eigenvalue weighted by Crippen LogP contribution is 2.15.